The van der Waals surface area contributed by atoms with Gasteiger partial charge in [-0.3, -0.25) is 9.78 Å². The van der Waals surface area contributed by atoms with Gasteiger partial charge in [0, 0.05) is 42.4 Å². The van der Waals surface area contributed by atoms with Crippen LogP contribution in [-0.4, -0.2) is 32.0 Å². The Kier molecular flexibility index (Phi) is 7.29. The van der Waals surface area contributed by atoms with E-state index in [1.807, 2.05) is 50.2 Å². The van der Waals surface area contributed by atoms with Crippen molar-refractivity contribution < 1.29 is 4.79 Å². The summed E-state index contributed by atoms with van der Waals surface area (Å²) in [6, 6.07) is 22.4. The van der Waals surface area contributed by atoms with E-state index in [0.29, 0.717) is 18.1 Å². The van der Waals surface area contributed by atoms with Gasteiger partial charge >= 0.3 is 0 Å². The molecule has 5 rings (SSSR count). The van der Waals surface area contributed by atoms with Crippen molar-refractivity contribution in [3.05, 3.63) is 113 Å². The highest BCUT2D eigenvalue weighted by molar-refractivity contribution is 7.80. The van der Waals surface area contributed by atoms with Crippen LogP contribution < -0.4 is 10.6 Å². The maximum atomic E-state index is 13.0. The van der Waals surface area contributed by atoms with Crippen LogP contribution in [0.1, 0.15) is 52.1 Å². The van der Waals surface area contributed by atoms with E-state index in [2.05, 4.69) is 75.5 Å². The number of rotatable bonds is 7. The minimum absolute atomic E-state index is 0.0360. The molecule has 2 aromatic carbocycles. The van der Waals surface area contributed by atoms with Gasteiger partial charge in [0.25, 0.3) is 0 Å². The molecule has 0 spiro atoms. The number of thiocarbonyl (C=S) groups is 1. The summed E-state index contributed by atoms with van der Waals surface area (Å²) in [5.41, 5.74) is 8.60. The van der Waals surface area contributed by atoms with Gasteiger partial charge in [0.05, 0.1) is 17.8 Å². The molecule has 0 radical (unpaired) electrons. The van der Waals surface area contributed by atoms with Gasteiger partial charge < -0.3 is 20.1 Å². The van der Waals surface area contributed by atoms with E-state index >= 15 is 0 Å². The van der Waals surface area contributed by atoms with Crippen LogP contribution in [0.25, 0.3) is 5.69 Å². The molecule has 0 aliphatic carbocycles. The molecule has 3 heterocycles. The highest BCUT2D eigenvalue weighted by Crippen LogP contribution is 2.39. The summed E-state index contributed by atoms with van der Waals surface area (Å²) in [5, 5.41) is 7.21. The topological polar surface area (TPSA) is 62.2 Å². The smallest absolute Gasteiger partial charge is 0.226 e. The Balaban J connectivity index is 1.45. The van der Waals surface area contributed by atoms with Crippen LogP contribution in [0.5, 0.6) is 0 Å². The highest BCUT2D eigenvalue weighted by Gasteiger charge is 2.41. The first-order chi connectivity index (χ1) is 18.3. The fraction of sp³-hybridized carbons (Fsp3) is 0.258. The molecule has 0 bridgehead atoms. The first-order valence-corrected chi connectivity index (χ1v) is 13.3. The summed E-state index contributed by atoms with van der Waals surface area (Å²) < 4.78 is 2.21. The van der Waals surface area contributed by atoms with Gasteiger partial charge in [-0.1, -0.05) is 24.3 Å². The van der Waals surface area contributed by atoms with Crippen molar-refractivity contribution in [2.24, 2.45) is 0 Å². The molecular formula is C31H33N5OS. The monoisotopic (exact) mass is 523 g/mol. The van der Waals surface area contributed by atoms with Gasteiger partial charge in [-0.05, 0) is 105 Å². The first-order valence-electron chi connectivity index (χ1n) is 12.9. The lowest BCUT2D eigenvalue weighted by Gasteiger charge is -2.29. The lowest BCUT2D eigenvalue weighted by Crippen LogP contribution is -2.33. The van der Waals surface area contributed by atoms with E-state index in [9.17, 15) is 4.79 Å². The Morgan fingerprint density at radius 1 is 0.974 bits per heavy atom. The second-order valence-electron chi connectivity index (χ2n) is 10.0. The first kappa shape index (κ1) is 25.7. The second kappa shape index (κ2) is 10.8. The number of carbonyl (C=O) groups excluding carboxylic acids is 1. The number of hydrogen-bond donors (Lipinski definition) is 2. The van der Waals surface area contributed by atoms with Crippen LogP contribution in [0, 0.1) is 27.7 Å². The van der Waals surface area contributed by atoms with E-state index in [4.69, 9.17) is 12.2 Å². The van der Waals surface area contributed by atoms with E-state index in [0.717, 1.165) is 33.9 Å². The molecule has 2 aromatic heterocycles. The summed E-state index contributed by atoms with van der Waals surface area (Å²) in [7, 11) is 0. The standard InChI is InChI=1S/C31H33N5OS/c1-20-10-11-22(3)26(18-20)33-28(37)14-17-36-30(29(34-31(36)38)25-8-5-6-15-32-25)27-9-7-16-35(27)24-13-12-21(2)23(4)19-24/h5-13,15-16,18-19,29-30H,14,17H2,1-4H3,(H,33,37)(H,34,38)/t29-,30+/m0/s1. The zero-order chi connectivity index (χ0) is 26.8. The predicted octanol–water partition coefficient (Wildman–Crippen LogP) is 6.11. The minimum atomic E-state index is -0.147. The maximum Gasteiger partial charge on any atom is 0.226 e. The summed E-state index contributed by atoms with van der Waals surface area (Å²) in [6.45, 7) is 8.76. The number of carbonyl (C=O) groups is 1. The molecule has 1 amide bonds. The number of hydrogen-bond acceptors (Lipinski definition) is 3. The molecule has 0 unspecified atom stereocenters. The second-order valence-corrected chi connectivity index (χ2v) is 10.4. The maximum absolute atomic E-state index is 13.0. The minimum Gasteiger partial charge on any atom is -0.352 e. The number of pyridine rings is 1. The molecule has 194 valence electrons. The number of aryl methyl sites for hydroxylation is 4. The molecule has 4 aromatic rings. The number of benzene rings is 2. The Bertz CT molecular complexity index is 1480. The van der Waals surface area contributed by atoms with E-state index in [1.54, 1.807) is 6.20 Å². The molecule has 6 nitrogen and oxygen atoms in total. The number of amides is 1. The quantitative estimate of drug-likeness (QED) is 0.286. The van der Waals surface area contributed by atoms with Gasteiger partial charge in [-0.15, -0.1) is 0 Å². The fourth-order valence-electron chi connectivity index (χ4n) is 5.02. The van der Waals surface area contributed by atoms with Crippen LogP contribution in [-0.2, 0) is 4.79 Å². The summed E-state index contributed by atoms with van der Waals surface area (Å²) in [5.74, 6) is -0.0360. The van der Waals surface area contributed by atoms with Crippen molar-refractivity contribution in [2.75, 3.05) is 11.9 Å². The number of nitrogens with zero attached hydrogens (tertiary/aromatic N) is 3. The van der Waals surface area contributed by atoms with Gasteiger partial charge in [0.1, 0.15) is 0 Å². The molecule has 2 atom stereocenters. The Morgan fingerprint density at radius 3 is 2.55 bits per heavy atom. The van der Waals surface area contributed by atoms with Crippen molar-refractivity contribution in [3.8, 4) is 5.69 Å². The SMILES string of the molecule is Cc1ccc(C)c(NC(=O)CCN2C(=S)N[C@@H](c3ccccn3)[C@H]2c2cccn2-c2ccc(C)c(C)c2)c1. The van der Waals surface area contributed by atoms with Crippen LogP contribution in [0.4, 0.5) is 5.69 Å². The van der Waals surface area contributed by atoms with Crippen molar-refractivity contribution >= 4 is 28.9 Å². The molecule has 7 heteroatoms. The third kappa shape index (κ3) is 5.20. The molecule has 1 aliphatic heterocycles. The molecule has 2 N–H and O–H groups in total. The molecule has 1 fully saturated rings. The van der Waals surface area contributed by atoms with E-state index in [-0.39, 0.29) is 18.0 Å². The van der Waals surface area contributed by atoms with Crippen LogP contribution in [0.15, 0.2) is 79.1 Å². The largest absolute Gasteiger partial charge is 0.352 e. The zero-order valence-electron chi connectivity index (χ0n) is 22.2. The zero-order valence-corrected chi connectivity index (χ0v) is 23.0. The lowest BCUT2D eigenvalue weighted by atomic mass is 10.0. The highest BCUT2D eigenvalue weighted by atomic mass is 32.1. The Hall–Kier alpha value is -3.97. The van der Waals surface area contributed by atoms with Crippen molar-refractivity contribution in [3.63, 3.8) is 0 Å². The molecule has 1 saturated heterocycles. The van der Waals surface area contributed by atoms with Gasteiger partial charge in [-0.2, -0.15) is 0 Å². The van der Waals surface area contributed by atoms with Gasteiger partial charge in [0.15, 0.2) is 5.11 Å². The third-order valence-electron chi connectivity index (χ3n) is 7.30. The predicted molar refractivity (Wildman–Crippen MR) is 157 cm³/mol. The molecule has 0 saturated carbocycles. The average molecular weight is 524 g/mol. The van der Waals surface area contributed by atoms with Crippen molar-refractivity contribution in [1.29, 1.82) is 0 Å². The summed E-state index contributed by atoms with van der Waals surface area (Å²) in [4.78, 5) is 19.8. The number of nitrogens with one attached hydrogen (secondary N) is 2. The Morgan fingerprint density at radius 2 is 1.79 bits per heavy atom. The molecule has 1 aliphatic rings. The third-order valence-corrected chi connectivity index (χ3v) is 7.65. The van der Waals surface area contributed by atoms with Crippen LogP contribution in [0.3, 0.4) is 0 Å². The number of aromatic nitrogens is 2. The van der Waals surface area contributed by atoms with Crippen molar-refractivity contribution in [2.45, 2.75) is 46.2 Å². The van der Waals surface area contributed by atoms with Crippen LogP contribution in [0.2, 0.25) is 0 Å². The van der Waals surface area contributed by atoms with Gasteiger partial charge in [0.2, 0.25) is 5.91 Å². The summed E-state index contributed by atoms with van der Waals surface area (Å²) in [6.07, 6.45) is 4.20. The summed E-state index contributed by atoms with van der Waals surface area (Å²) >= 11 is 5.83. The van der Waals surface area contributed by atoms with Gasteiger partial charge in [-0.25, -0.2) is 0 Å². The lowest BCUT2D eigenvalue weighted by molar-refractivity contribution is -0.116. The van der Waals surface area contributed by atoms with E-state index < -0.39 is 0 Å². The number of anilines is 1. The van der Waals surface area contributed by atoms with Crippen LogP contribution >= 0.6 is 12.2 Å². The van der Waals surface area contributed by atoms with E-state index in [1.165, 1.54) is 11.1 Å². The van der Waals surface area contributed by atoms with Crippen molar-refractivity contribution in [1.82, 2.24) is 19.8 Å². The normalized spacial score (nSPS) is 16.9. The molecule has 38 heavy (non-hydrogen) atoms. The Labute approximate surface area is 229 Å². The fourth-order valence-corrected chi connectivity index (χ4v) is 5.35. The molecular weight excluding hydrogens is 490 g/mol. The average Bonchev–Trinajstić information content (AvgIpc) is 3.51.